The molecule has 2 heterocycles. The topological polar surface area (TPSA) is 127 Å². The average molecular weight is 496 g/mol. The number of rotatable bonds is 7. The number of benzene rings is 1. The van der Waals surface area contributed by atoms with Crippen LogP contribution in [0.2, 0.25) is 0 Å². The van der Waals surface area contributed by atoms with E-state index in [1.54, 1.807) is 58.2 Å². The van der Waals surface area contributed by atoms with E-state index >= 15 is 0 Å². The fourth-order valence-corrected chi connectivity index (χ4v) is 3.41. The lowest BCUT2D eigenvalue weighted by molar-refractivity contribution is 0.0635. The van der Waals surface area contributed by atoms with Crippen LogP contribution < -0.4 is 21.2 Å². The molecule has 0 bridgehead atoms. The smallest absolute Gasteiger partial charge is 0.412 e. The van der Waals surface area contributed by atoms with Gasteiger partial charge in [-0.25, -0.2) is 19.3 Å². The molecule has 3 aromatic rings. The highest BCUT2D eigenvalue weighted by Crippen LogP contribution is 2.25. The second-order valence-corrected chi connectivity index (χ2v) is 9.86. The Morgan fingerprint density at radius 3 is 2.56 bits per heavy atom. The number of nitrogens with one attached hydrogen (secondary N) is 2. The highest BCUT2D eigenvalue weighted by molar-refractivity contribution is 5.94. The van der Waals surface area contributed by atoms with Gasteiger partial charge in [0.25, 0.3) is 0 Å². The molecule has 0 radical (unpaired) electrons. The van der Waals surface area contributed by atoms with Gasteiger partial charge in [-0.3, -0.25) is 10.3 Å². The van der Waals surface area contributed by atoms with Crippen molar-refractivity contribution in [2.24, 2.45) is 5.92 Å². The number of hydrogen-bond donors (Lipinski definition) is 2. The van der Waals surface area contributed by atoms with Gasteiger partial charge < -0.3 is 14.5 Å². The van der Waals surface area contributed by atoms with Crippen LogP contribution in [0.3, 0.4) is 0 Å². The number of pyridine rings is 1. The monoisotopic (exact) mass is 495 g/mol. The molecule has 0 saturated heterocycles. The average Bonchev–Trinajstić information content (AvgIpc) is 2.78. The first-order valence-corrected chi connectivity index (χ1v) is 11.8. The summed E-state index contributed by atoms with van der Waals surface area (Å²) in [5.74, 6) is 0.312. The maximum Gasteiger partial charge on any atom is 0.412 e. The largest absolute Gasteiger partial charge is 0.444 e. The fraction of sp³-hybridized carbons (Fsp3) is 0.423. The Labute approximate surface area is 210 Å². The van der Waals surface area contributed by atoms with Crippen LogP contribution in [0, 0.1) is 12.8 Å². The number of aryl methyl sites for hydroxylation is 1. The van der Waals surface area contributed by atoms with Crippen LogP contribution in [0.25, 0.3) is 10.9 Å². The van der Waals surface area contributed by atoms with Crippen LogP contribution in [0.15, 0.2) is 45.7 Å². The lowest BCUT2D eigenvalue weighted by Crippen LogP contribution is -2.41. The second kappa shape index (κ2) is 11.2. The summed E-state index contributed by atoms with van der Waals surface area (Å²) in [5, 5.41) is 5.68. The van der Waals surface area contributed by atoms with E-state index in [2.05, 4.69) is 20.6 Å². The van der Waals surface area contributed by atoms with Gasteiger partial charge in [0.1, 0.15) is 5.60 Å². The van der Waals surface area contributed by atoms with Crippen LogP contribution >= 0.6 is 0 Å². The van der Waals surface area contributed by atoms with Crippen molar-refractivity contribution in [1.82, 2.24) is 15.3 Å². The Kier molecular flexibility index (Phi) is 8.29. The van der Waals surface area contributed by atoms with Gasteiger partial charge in [0.05, 0.1) is 23.1 Å². The molecule has 2 N–H and O–H groups in total. The Morgan fingerprint density at radius 1 is 1.17 bits per heavy atom. The van der Waals surface area contributed by atoms with Gasteiger partial charge in [0.15, 0.2) is 0 Å². The molecule has 0 spiro atoms. The molecule has 36 heavy (non-hydrogen) atoms. The van der Waals surface area contributed by atoms with Crippen LogP contribution in [0.5, 0.6) is 0 Å². The van der Waals surface area contributed by atoms with E-state index in [-0.39, 0.29) is 17.9 Å². The van der Waals surface area contributed by atoms with Gasteiger partial charge in [-0.05, 0) is 69.9 Å². The fourth-order valence-electron chi connectivity index (χ4n) is 3.41. The van der Waals surface area contributed by atoms with Crippen molar-refractivity contribution in [3.8, 4) is 0 Å². The highest BCUT2D eigenvalue weighted by atomic mass is 16.6. The summed E-state index contributed by atoms with van der Waals surface area (Å²) in [5.41, 5.74) is 0.611. The third-order valence-electron chi connectivity index (χ3n) is 5.24. The van der Waals surface area contributed by atoms with E-state index < -0.39 is 23.4 Å². The number of anilines is 2. The minimum atomic E-state index is -0.666. The molecule has 10 heteroatoms. The van der Waals surface area contributed by atoms with Crippen molar-refractivity contribution >= 4 is 34.7 Å². The molecule has 0 aliphatic rings. The zero-order valence-electron chi connectivity index (χ0n) is 21.5. The molecule has 0 unspecified atom stereocenters. The summed E-state index contributed by atoms with van der Waals surface area (Å²) in [4.78, 5) is 48.3. The number of carbonyl (C=O) groups is 2. The Bertz CT molecular complexity index is 1280. The number of hydrogen-bond acceptors (Lipinski definition) is 7. The zero-order valence-corrected chi connectivity index (χ0v) is 21.5. The number of amides is 3. The van der Waals surface area contributed by atoms with E-state index in [0.717, 1.165) is 0 Å². The van der Waals surface area contributed by atoms with Crippen molar-refractivity contribution in [1.29, 1.82) is 0 Å². The number of urea groups is 1. The van der Waals surface area contributed by atoms with Gasteiger partial charge in [-0.15, -0.1) is 0 Å². The first-order chi connectivity index (χ1) is 16.9. The summed E-state index contributed by atoms with van der Waals surface area (Å²) >= 11 is 0. The molecule has 0 aliphatic heterocycles. The van der Waals surface area contributed by atoms with E-state index in [9.17, 15) is 14.4 Å². The predicted molar refractivity (Wildman–Crippen MR) is 138 cm³/mol. The third-order valence-corrected chi connectivity index (χ3v) is 5.24. The zero-order chi connectivity index (χ0) is 26.5. The van der Waals surface area contributed by atoms with Crippen molar-refractivity contribution in [3.05, 3.63) is 58.2 Å². The standard InChI is InChI=1S/C26H33N5O5/c1-16(2)12-14-31(23(33)28-15-18-9-7-8-13-27-18)24-29-20-11-10-19(17(3)21(20)22(32)35-24)30-25(34)36-26(4,5)6/h7-11,13,16H,12,14-15H2,1-6H3,(H,28,33)(H,30,34). The first-order valence-electron chi connectivity index (χ1n) is 11.8. The van der Waals surface area contributed by atoms with Crippen LogP contribution in [0.1, 0.15) is 52.3 Å². The lowest BCUT2D eigenvalue weighted by atomic mass is 10.1. The van der Waals surface area contributed by atoms with Gasteiger partial charge >= 0.3 is 23.8 Å². The SMILES string of the molecule is Cc1c(NC(=O)OC(C)(C)C)ccc2nc(N(CCC(C)C)C(=O)NCc3ccccn3)oc(=O)c12. The second-order valence-electron chi connectivity index (χ2n) is 9.86. The van der Waals surface area contributed by atoms with Crippen LogP contribution in [-0.4, -0.2) is 34.2 Å². The number of fused-ring (bicyclic) bond motifs is 1. The summed E-state index contributed by atoms with van der Waals surface area (Å²) in [6, 6.07) is 8.13. The van der Waals surface area contributed by atoms with E-state index in [1.165, 1.54) is 4.90 Å². The van der Waals surface area contributed by atoms with Gasteiger partial charge in [0.2, 0.25) is 0 Å². The van der Waals surface area contributed by atoms with Gasteiger partial charge in [0, 0.05) is 18.4 Å². The molecular weight excluding hydrogens is 462 g/mol. The number of ether oxygens (including phenoxy) is 1. The predicted octanol–water partition coefficient (Wildman–Crippen LogP) is 5.00. The minimum absolute atomic E-state index is 0.0982. The molecule has 3 rings (SSSR count). The number of carbonyl (C=O) groups excluding carboxylic acids is 2. The van der Waals surface area contributed by atoms with Crippen LogP contribution in [0.4, 0.5) is 21.3 Å². The summed E-state index contributed by atoms with van der Waals surface area (Å²) in [7, 11) is 0. The Balaban J connectivity index is 1.90. The summed E-state index contributed by atoms with van der Waals surface area (Å²) in [6.07, 6.45) is 1.69. The first kappa shape index (κ1) is 26.7. The summed E-state index contributed by atoms with van der Waals surface area (Å²) in [6.45, 7) is 11.6. The molecule has 0 fully saturated rings. The molecule has 3 amide bonds. The normalized spacial score (nSPS) is 11.4. The number of nitrogens with zero attached hydrogens (tertiary/aromatic N) is 3. The van der Waals surface area contributed by atoms with Crippen molar-refractivity contribution in [2.75, 3.05) is 16.8 Å². The quantitative estimate of drug-likeness (QED) is 0.472. The third kappa shape index (κ3) is 7.03. The highest BCUT2D eigenvalue weighted by Gasteiger charge is 2.23. The minimum Gasteiger partial charge on any atom is -0.444 e. The maximum absolute atomic E-state index is 13.1. The molecule has 0 aliphatic carbocycles. The van der Waals surface area contributed by atoms with Crippen LogP contribution in [-0.2, 0) is 11.3 Å². The molecule has 10 nitrogen and oxygen atoms in total. The van der Waals surface area contributed by atoms with Crippen molar-refractivity contribution < 1.29 is 18.7 Å². The van der Waals surface area contributed by atoms with Gasteiger partial charge in [-0.2, -0.15) is 4.98 Å². The number of aromatic nitrogens is 2. The molecule has 1 aromatic carbocycles. The van der Waals surface area contributed by atoms with Gasteiger partial charge in [-0.1, -0.05) is 19.9 Å². The van der Waals surface area contributed by atoms with E-state index in [1.807, 2.05) is 19.9 Å². The molecule has 2 aromatic heterocycles. The molecule has 0 atom stereocenters. The lowest BCUT2D eigenvalue weighted by Gasteiger charge is -2.22. The van der Waals surface area contributed by atoms with E-state index in [0.29, 0.717) is 41.3 Å². The molecule has 192 valence electrons. The van der Waals surface area contributed by atoms with Crippen molar-refractivity contribution in [3.63, 3.8) is 0 Å². The Hall–Kier alpha value is -3.95. The Morgan fingerprint density at radius 2 is 1.92 bits per heavy atom. The van der Waals surface area contributed by atoms with E-state index in [4.69, 9.17) is 9.15 Å². The maximum atomic E-state index is 13.1. The molecular formula is C26H33N5O5. The van der Waals surface area contributed by atoms with Crippen molar-refractivity contribution in [2.45, 2.75) is 60.1 Å². The summed E-state index contributed by atoms with van der Waals surface area (Å²) < 4.78 is 10.8. The molecule has 0 saturated carbocycles.